The van der Waals surface area contributed by atoms with Gasteiger partial charge in [-0.1, -0.05) is 0 Å². The molecule has 1 aliphatic rings. The minimum Gasteiger partial charge on any atom is -0.394 e. The van der Waals surface area contributed by atoms with E-state index in [2.05, 4.69) is 21.3 Å². The van der Waals surface area contributed by atoms with E-state index in [1.807, 2.05) is 20.2 Å². The number of hydrogen-bond donors (Lipinski definition) is 2. The van der Waals surface area contributed by atoms with Gasteiger partial charge in [0, 0.05) is 20.1 Å². The summed E-state index contributed by atoms with van der Waals surface area (Å²) in [5, 5.41) is 12.3. The Kier molecular flexibility index (Phi) is 3.81. The second kappa shape index (κ2) is 5.33. The van der Waals surface area contributed by atoms with E-state index >= 15 is 0 Å². The van der Waals surface area contributed by atoms with Crippen LogP contribution in [0, 0.1) is 0 Å². The predicted molar refractivity (Wildman–Crippen MR) is 67.4 cm³/mol. The first-order valence-corrected chi connectivity index (χ1v) is 5.87. The maximum Gasteiger partial charge on any atom is 0.0984 e. The van der Waals surface area contributed by atoms with E-state index in [4.69, 9.17) is 4.74 Å². The molecule has 94 valence electrons. The van der Waals surface area contributed by atoms with E-state index in [1.54, 1.807) is 6.20 Å². The normalized spacial score (nSPS) is 24.8. The summed E-state index contributed by atoms with van der Waals surface area (Å²) in [6.45, 7) is 3.60. The Hall–Kier alpha value is -1.33. The Balaban J connectivity index is 2.14. The highest BCUT2D eigenvalue weighted by Crippen LogP contribution is 2.21. The molecule has 1 fully saturated rings. The van der Waals surface area contributed by atoms with Crippen molar-refractivity contribution in [3.63, 3.8) is 0 Å². The summed E-state index contributed by atoms with van der Waals surface area (Å²) in [7, 11) is 1.87. The summed E-state index contributed by atoms with van der Waals surface area (Å²) in [5.41, 5.74) is 2.05. The van der Waals surface area contributed by atoms with Crippen LogP contribution in [0.1, 0.15) is 6.92 Å². The molecule has 5 heteroatoms. The Morgan fingerprint density at radius 1 is 1.53 bits per heavy atom. The highest BCUT2D eigenvalue weighted by molar-refractivity contribution is 5.55. The molecule has 0 radical (unpaired) electrons. The molecular weight excluding hydrogens is 218 g/mol. The van der Waals surface area contributed by atoms with Gasteiger partial charge in [0.1, 0.15) is 0 Å². The number of rotatable bonds is 3. The van der Waals surface area contributed by atoms with Crippen molar-refractivity contribution in [2.75, 3.05) is 37.0 Å². The van der Waals surface area contributed by atoms with E-state index in [9.17, 15) is 5.11 Å². The molecule has 2 heterocycles. The fraction of sp³-hybridized carbons (Fsp3) is 0.583. The number of nitrogens with zero attached hydrogens (tertiary/aromatic N) is 2. The zero-order valence-electron chi connectivity index (χ0n) is 10.3. The molecule has 2 rings (SSSR count). The largest absolute Gasteiger partial charge is 0.394 e. The van der Waals surface area contributed by atoms with Crippen molar-refractivity contribution in [1.29, 1.82) is 0 Å². The number of nitrogens with one attached hydrogen (secondary N) is 1. The summed E-state index contributed by atoms with van der Waals surface area (Å²) in [6.07, 6.45) is 3.64. The van der Waals surface area contributed by atoms with E-state index in [0.717, 1.165) is 17.9 Å². The lowest BCUT2D eigenvalue weighted by atomic mass is 10.2. The minimum absolute atomic E-state index is 0.0555. The first-order valence-electron chi connectivity index (χ1n) is 5.87. The van der Waals surface area contributed by atoms with Gasteiger partial charge in [-0.3, -0.25) is 4.98 Å². The van der Waals surface area contributed by atoms with Crippen molar-refractivity contribution in [2.45, 2.75) is 19.1 Å². The Bertz CT molecular complexity index is 373. The number of aliphatic hydroxyl groups is 1. The molecule has 2 unspecified atom stereocenters. The first kappa shape index (κ1) is 12.1. The molecule has 1 aliphatic heterocycles. The molecule has 1 saturated heterocycles. The van der Waals surface area contributed by atoms with Crippen LogP contribution < -0.4 is 10.2 Å². The van der Waals surface area contributed by atoms with Gasteiger partial charge in [-0.05, 0) is 13.0 Å². The van der Waals surface area contributed by atoms with Crippen molar-refractivity contribution >= 4 is 11.4 Å². The molecule has 0 aliphatic carbocycles. The lowest BCUT2D eigenvalue weighted by molar-refractivity contribution is -0.0421. The molecule has 1 aromatic rings. The number of morpholine rings is 1. The maximum atomic E-state index is 9.19. The maximum absolute atomic E-state index is 9.19. The second-order valence-corrected chi connectivity index (χ2v) is 4.34. The van der Waals surface area contributed by atoms with Crippen LogP contribution >= 0.6 is 0 Å². The van der Waals surface area contributed by atoms with Gasteiger partial charge in [0.15, 0.2) is 0 Å². The van der Waals surface area contributed by atoms with Gasteiger partial charge in [-0.25, -0.2) is 0 Å². The quantitative estimate of drug-likeness (QED) is 0.811. The van der Waals surface area contributed by atoms with Crippen LogP contribution in [0.5, 0.6) is 0 Å². The first-order chi connectivity index (χ1) is 8.22. The summed E-state index contributed by atoms with van der Waals surface area (Å²) < 4.78 is 5.62. The van der Waals surface area contributed by atoms with E-state index in [1.165, 1.54) is 0 Å². The molecular formula is C12H19N3O2. The highest BCUT2D eigenvalue weighted by Gasteiger charge is 2.25. The number of pyridine rings is 1. The average molecular weight is 237 g/mol. The lowest BCUT2D eigenvalue weighted by Gasteiger charge is -2.37. The molecule has 2 atom stereocenters. The average Bonchev–Trinajstić information content (AvgIpc) is 2.38. The molecule has 2 N–H and O–H groups in total. The van der Waals surface area contributed by atoms with Crippen LogP contribution in [-0.2, 0) is 4.74 Å². The van der Waals surface area contributed by atoms with E-state index in [0.29, 0.717) is 6.54 Å². The Labute approximate surface area is 101 Å². The monoisotopic (exact) mass is 237 g/mol. The molecule has 0 saturated carbocycles. The number of ether oxygens (including phenoxy) is 1. The van der Waals surface area contributed by atoms with E-state index in [-0.39, 0.29) is 18.8 Å². The van der Waals surface area contributed by atoms with Gasteiger partial charge < -0.3 is 20.1 Å². The SMILES string of the molecule is CNc1cncc(N2CC(C)OC(CO)C2)c1. The third kappa shape index (κ3) is 2.87. The molecule has 0 amide bonds. The number of aliphatic hydroxyl groups excluding tert-OH is 1. The van der Waals surface area contributed by atoms with Gasteiger partial charge >= 0.3 is 0 Å². The fourth-order valence-corrected chi connectivity index (χ4v) is 2.09. The summed E-state index contributed by atoms with van der Waals surface area (Å²) in [5.74, 6) is 0. The zero-order chi connectivity index (χ0) is 12.3. The van der Waals surface area contributed by atoms with Crippen LogP contribution in [0.15, 0.2) is 18.5 Å². The van der Waals surface area contributed by atoms with Gasteiger partial charge in [0.2, 0.25) is 0 Å². The van der Waals surface area contributed by atoms with Gasteiger partial charge in [0.05, 0.1) is 42.6 Å². The van der Waals surface area contributed by atoms with Crippen LogP contribution in [0.2, 0.25) is 0 Å². The summed E-state index contributed by atoms with van der Waals surface area (Å²) in [4.78, 5) is 6.40. The number of anilines is 2. The van der Waals surface area contributed by atoms with Crippen LogP contribution in [-0.4, -0.2) is 49.0 Å². The molecule has 0 spiro atoms. The highest BCUT2D eigenvalue weighted by atomic mass is 16.5. The zero-order valence-corrected chi connectivity index (χ0v) is 10.3. The van der Waals surface area contributed by atoms with Crippen molar-refractivity contribution in [3.8, 4) is 0 Å². The molecule has 1 aromatic heterocycles. The standard InChI is InChI=1S/C12H19N3O2/c1-9-6-15(7-12(8-16)17-9)11-3-10(13-2)4-14-5-11/h3-5,9,12-13,16H,6-8H2,1-2H3. The number of aromatic nitrogens is 1. The van der Waals surface area contributed by atoms with Crippen molar-refractivity contribution in [1.82, 2.24) is 4.98 Å². The smallest absolute Gasteiger partial charge is 0.0984 e. The molecule has 0 bridgehead atoms. The lowest BCUT2D eigenvalue weighted by Crippen LogP contribution is -2.48. The fourth-order valence-electron chi connectivity index (χ4n) is 2.09. The third-order valence-corrected chi connectivity index (χ3v) is 2.91. The Morgan fingerprint density at radius 2 is 2.35 bits per heavy atom. The van der Waals surface area contributed by atoms with Gasteiger partial charge in [-0.15, -0.1) is 0 Å². The van der Waals surface area contributed by atoms with Crippen molar-refractivity contribution < 1.29 is 9.84 Å². The van der Waals surface area contributed by atoms with Crippen molar-refractivity contribution in [3.05, 3.63) is 18.5 Å². The van der Waals surface area contributed by atoms with Crippen LogP contribution in [0.3, 0.4) is 0 Å². The van der Waals surface area contributed by atoms with Gasteiger partial charge in [-0.2, -0.15) is 0 Å². The second-order valence-electron chi connectivity index (χ2n) is 4.34. The molecule has 0 aromatic carbocycles. The van der Waals surface area contributed by atoms with Gasteiger partial charge in [0.25, 0.3) is 0 Å². The number of hydrogen-bond acceptors (Lipinski definition) is 5. The molecule has 5 nitrogen and oxygen atoms in total. The Morgan fingerprint density at radius 3 is 3.06 bits per heavy atom. The molecule has 17 heavy (non-hydrogen) atoms. The minimum atomic E-state index is -0.114. The summed E-state index contributed by atoms with van der Waals surface area (Å²) in [6, 6.07) is 2.06. The summed E-state index contributed by atoms with van der Waals surface area (Å²) >= 11 is 0. The third-order valence-electron chi connectivity index (χ3n) is 2.91. The van der Waals surface area contributed by atoms with E-state index < -0.39 is 0 Å². The van der Waals surface area contributed by atoms with Crippen molar-refractivity contribution in [2.24, 2.45) is 0 Å². The van der Waals surface area contributed by atoms with Crippen LogP contribution in [0.4, 0.5) is 11.4 Å². The van der Waals surface area contributed by atoms with Crippen LogP contribution in [0.25, 0.3) is 0 Å². The topological polar surface area (TPSA) is 57.6 Å². The predicted octanol–water partition coefficient (Wildman–Crippen LogP) is 0.709.